The Morgan fingerprint density at radius 3 is 1.96 bits per heavy atom. The summed E-state index contributed by atoms with van der Waals surface area (Å²) in [7, 11) is 0. The molecular formula is C20H15Cl3N2. The molecule has 1 N–H and O–H groups in total. The second-order valence-electron chi connectivity index (χ2n) is 5.50. The first-order valence-corrected chi connectivity index (χ1v) is 8.78. The zero-order valence-corrected chi connectivity index (χ0v) is 15.7. The van der Waals surface area contributed by atoms with Crippen molar-refractivity contribution in [3.8, 4) is 11.1 Å². The van der Waals surface area contributed by atoms with Crippen LogP contribution >= 0.6 is 34.8 Å². The lowest BCUT2D eigenvalue weighted by molar-refractivity contribution is 1.32. The van der Waals surface area contributed by atoms with Gasteiger partial charge in [0.15, 0.2) is 0 Å². The van der Waals surface area contributed by atoms with Gasteiger partial charge >= 0.3 is 0 Å². The molecule has 0 heterocycles. The van der Waals surface area contributed by atoms with Gasteiger partial charge in [-0.25, -0.2) is 0 Å². The van der Waals surface area contributed by atoms with Crippen molar-refractivity contribution in [1.82, 2.24) is 0 Å². The predicted molar refractivity (Wildman–Crippen MR) is 109 cm³/mol. The summed E-state index contributed by atoms with van der Waals surface area (Å²) in [6.45, 7) is 1.92. The summed E-state index contributed by atoms with van der Waals surface area (Å²) >= 11 is 18.2. The van der Waals surface area contributed by atoms with Gasteiger partial charge in [-0.05, 0) is 35.7 Å². The molecule has 0 radical (unpaired) electrons. The van der Waals surface area contributed by atoms with Crippen molar-refractivity contribution in [2.45, 2.75) is 6.92 Å². The Morgan fingerprint density at radius 2 is 1.36 bits per heavy atom. The van der Waals surface area contributed by atoms with E-state index in [-0.39, 0.29) is 0 Å². The van der Waals surface area contributed by atoms with E-state index in [1.54, 1.807) is 12.1 Å². The number of halogens is 3. The van der Waals surface area contributed by atoms with Gasteiger partial charge in [0.2, 0.25) is 0 Å². The molecule has 0 unspecified atom stereocenters. The van der Waals surface area contributed by atoms with Crippen molar-refractivity contribution < 1.29 is 0 Å². The first-order chi connectivity index (χ1) is 12.0. The molecule has 0 aliphatic carbocycles. The summed E-state index contributed by atoms with van der Waals surface area (Å²) in [5.74, 6) is 0. The SMILES string of the molecule is C/C(=N/Nc1c(Cl)cc(Cl)cc1Cl)c1ccc(-c2ccccc2)cc1. The molecule has 5 heteroatoms. The van der Waals surface area contributed by atoms with E-state index in [1.807, 2.05) is 37.3 Å². The molecule has 3 aromatic rings. The van der Waals surface area contributed by atoms with E-state index in [0.717, 1.165) is 16.8 Å². The van der Waals surface area contributed by atoms with Gasteiger partial charge in [0.1, 0.15) is 0 Å². The molecule has 0 saturated heterocycles. The van der Waals surface area contributed by atoms with Gasteiger partial charge in [-0.1, -0.05) is 89.4 Å². The van der Waals surface area contributed by atoms with Crippen LogP contribution in [0.2, 0.25) is 15.1 Å². The molecule has 126 valence electrons. The zero-order valence-electron chi connectivity index (χ0n) is 13.4. The molecule has 0 saturated carbocycles. The molecule has 3 aromatic carbocycles. The summed E-state index contributed by atoms with van der Waals surface area (Å²) in [6, 6.07) is 21.7. The van der Waals surface area contributed by atoms with Crippen molar-refractivity contribution >= 4 is 46.2 Å². The minimum Gasteiger partial charge on any atom is -0.275 e. The quantitative estimate of drug-likeness (QED) is 0.372. The molecule has 0 aromatic heterocycles. The number of rotatable bonds is 4. The molecule has 0 atom stereocenters. The number of hydrazone groups is 1. The monoisotopic (exact) mass is 388 g/mol. The van der Waals surface area contributed by atoms with Crippen molar-refractivity contribution in [2.75, 3.05) is 5.43 Å². The van der Waals surface area contributed by atoms with Crippen LogP contribution in [0.1, 0.15) is 12.5 Å². The third-order valence-electron chi connectivity index (χ3n) is 3.75. The first kappa shape index (κ1) is 17.8. The highest BCUT2D eigenvalue weighted by molar-refractivity contribution is 6.41. The molecule has 3 rings (SSSR count). The Kier molecular flexibility index (Phi) is 5.64. The number of nitrogens with zero attached hydrogens (tertiary/aromatic N) is 1. The lowest BCUT2D eigenvalue weighted by atomic mass is 10.0. The van der Waals surface area contributed by atoms with Gasteiger partial charge in [0.25, 0.3) is 0 Å². The molecule has 0 amide bonds. The minimum absolute atomic E-state index is 0.425. The third kappa shape index (κ3) is 4.35. The van der Waals surface area contributed by atoms with E-state index in [4.69, 9.17) is 34.8 Å². The van der Waals surface area contributed by atoms with Crippen LogP contribution in [0.4, 0.5) is 5.69 Å². The molecular weight excluding hydrogens is 375 g/mol. The largest absolute Gasteiger partial charge is 0.275 e. The van der Waals surface area contributed by atoms with E-state index in [1.165, 1.54) is 5.56 Å². The summed E-state index contributed by atoms with van der Waals surface area (Å²) in [6.07, 6.45) is 0. The second-order valence-corrected chi connectivity index (χ2v) is 6.75. The molecule has 2 nitrogen and oxygen atoms in total. The third-order valence-corrected chi connectivity index (χ3v) is 4.57. The van der Waals surface area contributed by atoms with E-state index in [2.05, 4.69) is 34.8 Å². The predicted octanol–water partition coefficient (Wildman–Crippen LogP) is 7.15. The lowest BCUT2D eigenvalue weighted by Crippen LogP contribution is -2.00. The Morgan fingerprint density at radius 1 is 0.800 bits per heavy atom. The van der Waals surface area contributed by atoms with E-state index in [0.29, 0.717) is 20.8 Å². The normalized spacial score (nSPS) is 11.4. The minimum atomic E-state index is 0.425. The highest BCUT2D eigenvalue weighted by Crippen LogP contribution is 2.33. The highest BCUT2D eigenvalue weighted by atomic mass is 35.5. The second kappa shape index (κ2) is 7.92. The smallest absolute Gasteiger partial charge is 0.0935 e. The summed E-state index contributed by atoms with van der Waals surface area (Å²) < 4.78 is 0. The standard InChI is InChI=1S/C20H15Cl3N2/c1-13(24-25-20-18(22)11-17(21)12-19(20)23)14-7-9-16(10-8-14)15-5-3-2-4-6-15/h2-12,25H,1H3/b24-13-. The fraction of sp³-hybridized carbons (Fsp3) is 0.0500. The maximum Gasteiger partial charge on any atom is 0.0935 e. The fourth-order valence-corrected chi connectivity index (χ4v) is 3.29. The van der Waals surface area contributed by atoms with Gasteiger partial charge in [0.05, 0.1) is 21.4 Å². The van der Waals surface area contributed by atoms with E-state index < -0.39 is 0 Å². The van der Waals surface area contributed by atoms with Crippen molar-refractivity contribution in [3.05, 3.63) is 87.4 Å². The number of hydrogen-bond donors (Lipinski definition) is 1. The van der Waals surface area contributed by atoms with Crippen LogP contribution in [0.15, 0.2) is 71.8 Å². The highest BCUT2D eigenvalue weighted by Gasteiger charge is 2.07. The number of benzene rings is 3. The summed E-state index contributed by atoms with van der Waals surface area (Å²) in [5.41, 5.74) is 7.63. The lowest BCUT2D eigenvalue weighted by Gasteiger charge is -2.09. The van der Waals surface area contributed by atoms with Crippen LogP contribution < -0.4 is 5.43 Å². The van der Waals surface area contributed by atoms with Gasteiger partial charge in [0, 0.05) is 5.02 Å². The molecule has 0 bridgehead atoms. The van der Waals surface area contributed by atoms with Gasteiger partial charge in [-0.3, -0.25) is 5.43 Å². The molecule has 0 spiro atoms. The molecule has 0 aliphatic rings. The van der Waals surface area contributed by atoms with Gasteiger partial charge in [-0.2, -0.15) is 5.10 Å². The molecule has 25 heavy (non-hydrogen) atoms. The van der Waals surface area contributed by atoms with Crippen LogP contribution in [0.25, 0.3) is 11.1 Å². The average molecular weight is 390 g/mol. The van der Waals surface area contributed by atoms with Crippen molar-refractivity contribution in [1.29, 1.82) is 0 Å². The maximum atomic E-state index is 6.15. The van der Waals surface area contributed by atoms with Crippen LogP contribution in [-0.2, 0) is 0 Å². The Hall–Kier alpha value is -2.00. The maximum absolute atomic E-state index is 6.15. The van der Waals surface area contributed by atoms with Crippen molar-refractivity contribution in [3.63, 3.8) is 0 Å². The van der Waals surface area contributed by atoms with Crippen LogP contribution in [0, 0.1) is 0 Å². The molecule has 0 aliphatic heterocycles. The first-order valence-electron chi connectivity index (χ1n) is 7.65. The van der Waals surface area contributed by atoms with Crippen LogP contribution in [-0.4, -0.2) is 5.71 Å². The zero-order chi connectivity index (χ0) is 17.8. The number of anilines is 1. The van der Waals surface area contributed by atoms with Crippen LogP contribution in [0.3, 0.4) is 0 Å². The van der Waals surface area contributed by atoms with Crippen molar-refractivity contribution in [2.24, 2.45) is 5.10 Å². The van der Waals surface area contributed by atoms with Crippen LogP contribution in [0.5, 0.6) is 0 Å². The molecule has 0 fully saturated rings. The Labute approximate surface area is 162 Å². The summed E-state index contributed by atoms with van der Waals surface area (Å²) in [4.78, 5) is 0. The van der Waals surface area contributed by atoms with Gasteiger partial charge in [-0.15, -0.1) is 0 Å². The summed E-state index contributed by atoms with van der Waals surface area (Å²) in [5, 5.41) is 5.71. The average Bonchev–Trinajstić information content (AvgIpc) is 2.61. The number of nitrogens with one attached hydrogen (secondary N) is 1. The Balaban J connectivity index is 1.79. The van der Waals surface area contributed by atoms with E-state index in [9.17, 15) is 0 Å². The number of hydrogen-bond acceptors (Lipinski definition) is 2. The topological polar surface area (TPSA) is 24.4 Å². The fourth-order valence-electron chi connectivity index (χ4n) is 2.39. The Bertz CT molecular complexity index is 881. The van der Waals surface area contributed by atoms with E-state index >= 15 is 0 Å². The van der Waals surface area contributed by atoms with Gasteiger partial charge < -0.3 is 0 Å².